The van der Waals surface area contributed by atoms with E-state index < -0.39 is 0 Å². The van der Waals surface area contributed by atoms with Gasteiger partial charge >= 0.3 is 0 Å². The summed E-state index contributed by atoms with van der Waals surface area (Å²) in [7, 11) is 1.80. The first kappa shape index (κ1) is 19.2. The number of hydrogen-bond acceptors (Lipinski definition) is 3. The number of guanidine groups is 1. The van der Waals surface area contributed by atoms with Crippen LogP contribution >= 0.6 is 0 Å². The maximum absolute atomic E-state index is 4.56. The van der Waals surface area contributed by atoms with E-state index in [4.69, 9.17) is 0 Å². The molecule has 1 atom stereocenters. The zero-order valence-corrected chi connectivity index (χ0v) is 17.2. The van der Waals surface area contributed by atoms with Gasteiger partial charge in [0, 0.05) is 37.4 Å². The second-order valence-electron chi connectivity index (χ2n) is 7.56. The van der Waals surface area contributed by atoms with Crippen molar-refractivity contribution in [2.24, 2.45) is 4.99 Å². The summed E-state index contributed by atoms with van der Waals surface area (Å²) in [4.78, 5) is 11.4. The minimum absolute atomic E-state index is 0.157. The van der Waals surface area contributed by atoms with Gasteiger partial charge in [0.2, 0.25) is 0 Å². The summed E-state index contributed by atoms with van der Waals surface area (Å²) in [5, 5.41) is 9.30. The number of anilines is 1. The summed E-state index contributed by atoms with van der Waals surface area (Å²) < 4.78 is 0. The molecular formula is C24H29N5. The molecule has 1 unspecified atom stereocenters. The van der Waals surface area contributed by atoms with Gasteiger partial charge in [-0.2, -0.15) is 0 Å². The summed E-state index contributed by atoms with van der Waals surface area (Å²) in [6.07, 6.45) is 4.44. The van der Waals surface area contributed by atoms with Crippen LogP contribution in [-0.2, 0) is 6.54 Å². The molecule has 0 spiro atoms. The fourth-order valence-electron chi connectivity index (χ4n) is 3.94. The Hall–Kier alpha value is -3.08. The molecule has 0 bridgehead atoms. The third-order valence-electron chi connectivity index (χ3n) is 5.60. The van der Waals surface area contributed by atoms with Crippen molar-refractivity contribution in [1.82, 2.24) is 15.6 Å². The third kappa shape index (κ3) is 4.50. The SMILES string of the molecule is CN=C(NCc1nccc2ccccc12)NC(C)c1cccc(N2CCCC2)c1. The van der Waals surface area contributed by atoms with Crippen molar-refractivity contribution in [3.63, 3.8) is 0 Å². The van der Waals surface area contributed by atoms with Crippen LogP contribution < -0.4 is 15.5 Å². The quantitative estimate of drug-likeness (QED) is 0.507. The number of benzene rings is 2. The fourth-order valence-corrected chi connectivity index (χ4v) is 3.94. The average molecular weight is 388 g/mol. The van der Waals surface area contributed by atoms with Crippen LogP contribution in [0.1, 0.15) is 37.1 Å². The van der Waals surface area contributed by atoms with Gasteiger partial charge in [-0.1, -0.05) is 36.4 Å². The Bertz CT molecular complexity index is 986. The third-order valence-corrected chi connectivity index (χ3v) is 5.60. The lowest BCUT2D eigenvalue weighted by molar-refractivity contribution is 0.683. The van der Waals surface area contributed by atoms with E-state index in [0.717, 1.165) is 24.7 Å². The maximum Gasteiger partial charge on any atom is 0.191 e. The molecule has 2 N–H and O–H groups in total. The number of nitrogens with one attached hydrogen (secondary N) is 2. The molecule has 150 valence electrons. The Morgan fingerprint density at radius 3 is 2.76 bits per heavy atom. The van der Waals surface area contributed by atoms with E-state index in [-0.39, 0.29) is 6.04 Å². The lowest BCUT2D eigenvalue weighted by Crippen LogP contribution is -2.38. The van der Waals surface area contributed by atoms with Crippen molar-refractivity contribution in [3.8, 4) is 0 Å². The molecule has 29 heavy (non-hydrogen) atoms. The van der Waals surface area contributed by atoms with E-state index in [0.29, 0.717) is 6.54 Å². The lowest BCUT2D eigenvalue weighted by atomic mass is 10.1. The highest BCUT2D eigenvalue weighted by Crippen LogP contribution is 2.24. The average Bonchev–Trinajstić information content (AvgIpc) is 3.31. The molecule has 0 aliphatic carbocycles. The Kier molecular flexibility index (Phi) is 5.94. The van der Waals surface area contributed by atoms with Crippen LogP contribution in [0.5, 0.6) is 0 Å². The van der Waals surface area contributed by atoms with E-state index in [1.54, 1.807) is 7.05 Å². The van der Waals surface area contributed by atoms with Gasteiger partial charge < -0.3 is 15.5 Å². The normalized spacial score (nSPS) is 15.5. The molecule has 1 aromatic heterocycles. The number of hydrogen-bond donors (Lipinski definition) is 2. The van der Waals surface area contributed by atoms with Crippen LogP contribution in [-0.4, -0.2) is 31.1 Å². The van der Waals surface area contributed by atoms with Crippen molar-refractivity contribution in [1.29, 1.82) is 0 Å². The molecule has 1 aliphatic heterocycles. The topological polar surface area (TPSA) is 52.6 Å². The van der Waals surface area contributed by atoms with Gasteiger partial charge in [-0.15, -0.1) is 0 Å². The first-order chi connectivity index (χ1) is 14.2. The summed E-state index contributed by atoms with van der Waals surface area (Å²) in [6.45, 7) is 5.12. The number of aromatic nitrogens is 1. The van der Waals surface area contributed by atoms with Crippen molar-refractivity contribution < 1.29 is 0 Å². The van der Waals surface area contributed by atoms with Gasteiger partial charge in [-0.25, -0.2) is 0 Å². The van der Waals surface area contributed by atoms with Crippen molar-refractivity contribution in [2.45, 2.75) is 32.4 Å². The molecule has 2 heterocycles. The molecule has 0 saturated carbocycles. The number of aliphatic imine (C=N–C) groups is 1. The van der Waals surface area contributed by atoms with Crippen LogP contribution in [0, 0.1) is 0 Å². The highest BCUT2D eigenvalue weighted by molar-refractivity contribution is 5.85. The molecule has 0 amide bonds. The van der Waals surface area contributed by atoms with Gasteiger partial charge in [0.15, 0.2) is 5.96 Å². The standard InChI is InChI=1S/C24H29N5/c1-18(20-9-7-10-21(16-20)29-14-5-6-15-29)28-24(25-2)27-17-23-22-11-4-3-8-19(22)12-13-26-23/h3-4,7-13,16,18H,5-6,14-15,17H2,1-2H3,(H2,25,27,28). The smallest absolute Gasteiger partial charge is 0.191 e. The predicted molar refractivity (Wildman–Crippen MR) is 121 cm³/mol. The number of pyridine rings is 1. The highest BCUT2D eigenvalue weighted by atomic mass is 15.2. The molecule has 1 fully saturated rings. The Labute approximate surface area is 172 Å². The number of rotatable bonds is 5. The molecule has 0 radical (unpaired) electrons. The van der Waals surface area contributed by atoms with E-state index >= 15 is 0 Å². The zero-order chi connectivity index (χ0) is 20.1. The Balaban J connectivity index is 1.42. The number of fused-ring (bicyclic) bond motifs is 1. The summed E-state index contributed by atoms with van der Waals surface area (Å²) in [5.74, 6) is 0.777. The van der Waals surface area contributed by atoms with Crippen LogP contribution in [0.4, 0.5) is 5.69 Å². The summed E-state index contributed by atoms with van der Waals surface area (Å²) >= 11 is 0. The minimum Gasteiger partial charge on any atom is -0.372 e. The Morgan fingerprint density at radius 1 is 1.10 bits per heavy atom. The van der Waals surface area contributed by atoms with Crippen LogP contribution in [0.3, 0.4) is 0 Å². The Morgan fingerprint density at radius 2 is 1.93 bits per heavy atom. The highest BCUT2D eigenvalue weighted by Gasteiger charge is 2.14. The van der Waals surface area contributed by atoms with Gasteiger partial charge in [-0.3, -0.25) is 9.98 Å². The molecule has 1 saturated heterocycles. The van der Waals surface area contributed by atoms with Gasteiger partial charge in [0.05, 0.1) is 18.3 Å². The molecular weight excluding hydrogens is 358 g/mol. The van der Waals surface area contributed by atoms with Gasteiger partial charge in [0.25, 0.3) is 0 Å². The maximum atomic E-state index is 4.56. The molecule has 1 aliphatic rings. The van der Waals surface area contributed by atoms with Crippen molar-refractivity contribution in [3.05, 3.63) is 72.1 Å². The van der Waals surface area contributed by atoms with Crippen LogP contribution in [0.25, 0.3) is 10.8 Å². The second-order valence-corrected chi connectivity index (χ2v) is 7.56. The van der Waals surface area contributed by atoms with E-state index in [1.165, 1.54) is 34.9 Å². The van der Waals surface area contributed by atoms with Crippen molar-refractivity contribution in [2.75, 3.05) is 25.0 Å². The van der Waals surface area contributed by atoms with E-state index in [2.05, 4.69) is 81.0 Å². The van der Waals surface area contributed by atoms with E-state index in [9.17, 15) is 0 Å². The molecule has 4 rings (SSSR count). The largest absolute Gasteiger partial charge is 0.372 e. The zero-order valence-electron chi connectivity index (χ0n) is 17.2. The summed E-state index contributed by atoms with van der Waals surface area (Å²) in [6, 6.07) is 19.4. The monoisotopic (exact) mass is 387 g/mol. The minimum atomic E-state index is 0.157. The summed E-state index contributed by atoms with van der Waals surface area (Å²) in [5.41, 5.74) is 3.60. The predicted octanol–water partition coefficient (Wildman–Crippen LogP) is 4.26. The van der Waals surface area contributed by atoms with Crippen molar-refractivity contribution >= 4 is 22.4 Å². The second kappa shape index (κ2) is 8.95. The lowest BCUT2D eigenvalue weighted by Gasteiger charge is -2.22. The first-order valence-corrected chi connectivity index (χ1v) is 10.4. The van der Waals surface area contributed by atoms with Gasteiger partial charge in [-0.05, 0) is 48.9 Å². The van der Waals surface area contributed by atoms with E-state index in [1.807, 2.05) is 12.3 Å². The first-order valence-electron chi connectivity index (χ1n) is 10.4. The fraction of sp³-hybridized carbons (Fsp3) is 0.333. The van der Waals surface area contributed by atoms with Crippen LogP contribution in [0.2, 0.25) is 0 Å². The molecule has 2 aromatic carbocycles. The van der Waals surface area contributed by atoms with Gasteiger partial charge in [0.1, 0.15) is 0 Å². The van der Waals surface area contributed by atoms with Crippen LogP contribution in [0.15, 0.2) is 65.8 Å². The molecule has 3 aromatic rings. The number of nitrogens with zero attached hydrogens (tertiary/aromatic N) is 3. The molecule has 5 nitrogen and oxygen atoms in total. The molecule has 5 heteroatoms.